The predicted octanol–water partition coefficient (Wildman–Crippen LogP) is 3.66. The maximum absolute atomic E-state index is 12.9. The van der Waals surface area contributed by atoms with Gasteiger partial charge in [-0.2, -0.15) is 0 Å². The molecule has 0 unspecified atom stereocenters. The lowest BCUT2D eigenvalue weighted by atomic mass is 10.3. The third-order valence-corrected chi connectivity index (χ3v) is 3.09. The SMILES string of the molecule is C[C@H](OC(=O)/C=C/c1ccco1)C(=O)Nc1ccc(F)cc1Cl. The van der Waals surface area contributed by atoms with Gasteiger partial charge in [-0.15, -0.1) is 0 Å². The molecular weight excluding hydrogens is 325 g/mol. The summed E-state index contributed by atoms with van der Waals surface area (Å²) in [6.07, 6.45) is 2.98. The van der Waals surface area contributed by atoms with Crippen LogP contribution in [0.4, 0.5) is 10.1 Å². The number of nitrogens with one attached hydrogen (secondary N) is 1. The van der Waals surface area contributed by atoms with E-state index in [1.54, 1.807) is 12.1 Å². The minimum Gasteiger partial charge on any atom is -0.465 e. The standard InChI is InChI=1S/C16H13ClFNO4/c1-10(23-15(20)7-5-12-3-2-8-22-12)16(21)19-14-6-4-11(18)9-13(14)17/h2-10H,1H3,(H,19,21)/b7-5+/t10-/m0/s1. The minimum atomic E-state index is -1.05. The molecule has 5 nitrogen and oxygen atoms in total. The molecule has 0 bridgehead atoms. The van der Waals surface area contributed by atoms with Crippen molar-refractivity contribution in [1.29, 1.82) is 0 Å². The summed E-state index contributed by atoms with van der Waals surface area (Å²) in [5, 5.41) is 2.51. The van der Waals surface area contributed by atoms with E-state index in [9.17, 15) is 14.0 Å². The zero-order chi connectivity index (χ0) is 16.8. The Morgan fingerprint density at radius 2 is 2.17 bits per heavy atom. The molecule has 23 heavy (non-hydrogen) atoms. The van der Waals surface area contributed by atoms with Gasteiger partial charge in [-0.05, 0) is 43.3 Å². The second-order valence-electron chi connectivity index (χ2n) is 4.54. The van der Waals surface area contributed by atoms with Gasteiger partial charge in [0, 0.05) is 6.08 Å². The van der Waals surface area contributed by atoms with Crippen molar-refractivity contribution in [1.82, 2.24) is 0 Å². The van der Waals surface area contributed by atoms with E-state index < -0.39 is 23.8 Å². The van der Waals surface area contributed by atoms with Gasteiger partial charge in [0.25, 0.3) is 5.91 Å². The highest BCUT2D eigenvalue weighted by Crippen LogP contribution is 2.22. The molecular formula is C16H13ClFNO4. The number of hydrogen-bond acceptors (Lipinski definition) is 4. The van der Waals surface area contributed by atoms with Crippen molar-refractivity contribution in [2.75, 3.05) is 5.32 Å². The lowest BCUT2D eigenvalue weighted by molar-refractivity contribution is -0.148. The second-order valence-corrected chi connectivity index (χ2v) is 4.95. The van der Waals surface area contributed by atoms with Crippen LogP contribution in [0.15, 0.2) is 47.1 Å². The van der Waals surface area contributed by atoms with E-state index in [-0.39, 0.29) is 10.7 Å². The van der Waals surface area contributed by atoms with E-state index in [0.29, 0.717) is 5.76 Å². The van der Waals surface area contributed by atoms with Gasteiger partial charge in [0.2, 0.25) is 0 Å². The molecule has 0 aliphatic heterocycles. The number of carbonyl (C=O) groups excluding carboxylic acids is 2. The van der Waals surface area contributed by atoms with E-state index in [4.69, 9.17) is 20.8 Å². The van der Waals surface area contributed by atoms with E-state index in [0.717, 1.165) is 18.2 Å². The van der Waals surface area contributed by atoms with E-state index in [1.165, 1.54) is 25.3 Å². The fraction of sp³-hybridized carbons (Fsp3) is 0.125. The topological polar surface area (TPSA) is 68.5 Å². The van der Waals surface area contributed by atoms with Gasteiger partial charge in [0.1, 0.15) is 11.6 Å². The Labute approximate surface area is 136 Å². The number of rotatable bonds is 5. The van der Waals surface area contributed by atoms with Gasteiger partial charge >= 0.3 is 5.97 Å². The number of amides is 1. The highest BCUT2D eigenvalue weighted by atomic mass is 35.5. The third kappa shape index (κ3) is 4.96. The van der Waals surface area contributed by atoms with Crippen LogP contribution in [-0.2, 0) is 14.3 Å². The zero-order valence-electron chi connectivity index (χ0n) is 12.1. The largest absolute Gasteiger partial charge is 0.465 e. The van der Waals surface area contributed by atoms with Crippen molar-refractivity contribution in [2.24, 2.45) is 0 Å². The number of esters is 1. The molecule has 1 amide bonds. The first-order chi connectivity index (χ1) is 11.0. The van der Waals surface area contributed by atoms with Gasteiger partial charge in [-0.25, -0.2) is 9.18 Å². The smallest absolute Gasteiger partial charge is 0.331 e. The van der Waals surface area contributed by atoms with E-state index >= 15 is 0 Å². The second kappa shape index (κ2) is 7.60. The van der Waals surface area contributed by atoms with Crippen LogP contribution in [0.2, 0.25) is 5.02 Å². The molecule has 120 valence electrons. The van der Waals surface area contributed by atoms with Crippen LogP contribution in [0.1, 0.15) is 12.7 Å². The van der Waals surface area contributed by atoms with Gasteiger partial charge in [-0.3, -0.25) is 4.79 Å². The average Bonchev–Trinajstić information content (AvgIpc) is 3.01. The van der Waals surface area contributed by atoms with Gasteiger partial charge in [-0.1, -0.05) is 11.6 Å². The van der Waals surface area contributed by atoms with Crippen molar-refractivity contribution in [3.8, 4) is 0 Å². The Kier molecular flexibility index (Phi) is 5.54. The van der Waals surface area contributed by atoms with E-state index in [2.05, 4.69) is 5.32 Å². The molecule has 0 saturated heterocycles. The Morgan fingerprint density at radius 3 is 2.83 bits per heavy atom. The highest BCUT2D eigenvalue weighted by molar-refractivity contribution is 6.33. The molecule has 1 heterocycles. The van der Waals surface area contributed by atoms with Crippen LogP contribution in [0.25, 0.3) is 6.08 Å². The van der Waals surface area contributed by atoms with Crippen molar-refractivity contribution in [3.05, 3.63) is 59.3 Å². The molecule has 7 heteroatoms. The summed E-state index contributed by atoms with van der Waals surface area (Å²) >= 11 is 5.81. The lowest BCUT2D eigenvalue weighted by Gasteiger charge is -2.13. The molecule has 2 rings (SSSR count). The van der Waals surface area contributed by atoms with Gasteiger partial charge in [0.15, 0.2) is 6.10 Å². The quantitative estimate of drug-likeness (QED) is 0.668. The van der Waals surface area contributed by atoms with Crippen molar-refractivity contribution < 1.29 is 23.1 Å². The number of ether oxygens (including phenoxy) is 1. The molecule has 2 aromatic rings. The predicted molar refractivity (Wildman–Crippen MR) is 83.3 cm³/mol. The van der Waals surface area contributed by atoms with Gasteiger partial charge in [0.05, 0.1) is 17.0 Å². The summed E-state index contributed by atoms with van der Waals surface area (Å²) in [4.78, 5) is 23.5. The minimum absolute atomic E-state index is 0.0505. The Bertz CT molecular complexity index is 728. The Morgan fingerprint density at radius 1 is 1.39 bits per heavy atom. The molecule has 0 saturated carbocycles. The highest BCUT2D eigenvalue weighted by Gasteiger charge is 2.17. The molecule has 0 aliphatic carbocycles. The molecule has 0 fully saturated rings. The van der Waals surface area contributed by atoms with Crippen LogP contribution in [0.5, 0.6) is 0 Å². The van der Waals surface area contributed by atoms with Crippen LogP contribution in [0.3, 0.4) is 0 Å². The van der Waals surface area contributed by atoms with Crippen LogP contribution < -0.4 is 5.32 Å². The molecule has 0 aliphatic rings. The number of hydrogen-bond donors (Lipinski definition) is 1. The first kappa shape index (κ1) is 16.8. The molecule has 0 radical (unpaired) electrons. The van der Waals surface area contributed by atoms with Crippen LogP contribution in [-0.4, -0.2) is 18.0 Å². The third-order valence-electron chi connectivity index (χ3n) is 2.78. The molecule has 1 aromatic carbocycles. The number of furan rings is 1. The monoisotopic (exact) mass is 337 g/mol. The number of benzene rings is 1. The number of carbonyl (C=O) groups is 2. The normalized spacial score (nSPS) is 12.1. The Balaban J connectivity index is 1.90. The summed E-state index contributed by atoms with van der Waals surface area (Å²) < 4.78 is 22.9. The first-order valence-electron chi connectivity index (χ1n) is 6.64. The molecule has 1 aromatic heterocycles. The molecule has 1 N–H and O–H groups in total. The Hall–Kier alpha value is -2.60. The zero-order valence-corrected chi connectivity index (χ0v) is 12.8. The molecule has 0 spiro atoms. The lowest BCUT2D eigenvalue weighted by Crippen LogP contribution is -2.29. The summed E-state index contributed by atoms with van der Waals surface area (Å²) in [7, 11) is 0. The van der Waals surface area contributed by atoms with E-state index in [1.807, 2.05) is 0 Å². The van der Waals surface area contributed by atoms with Crippen molar-refractivity contribution in [2.45, 2.75) is 13.0 Å². The summed E-state index contributed by atoms with van der Waals surface area (Å²) in [5.74, 6) is -1.32. The summed E-state index contributed by atoms with van der Waals surface area (Å²) in [5.41, 5.74) is 0.229. The van der Waals surface area contributed by atoms with Crippen molar-refractivity contribution >= 4 is 35.2 Å². The fourth-order valence-electron chi connectivity index (χ4n) is 1.63. The average molecular weight is 338 g/mol. The molecule has 1 atom stereocenters. The maximum Gasteiger partial charge on any atom is 0.331 e. The summed E-state index contributed by atoms with van der Waals surface area (Å²) in [6.45, 7) is 1.41. The number of halogens is 2. The van der Waals surface area contributed by atoms with Crippen LogP contribution >= 0.6 is 11.6 Å². The fourth-order valence-corrected chi connectivity index (χ4v) is 1.84. The van der Waals surface area contributed by atoms with Crippen LogP contribution in [0, 0.1) is 5.82 Å². The first-order valence-corrected chi connectivity index (χ1v) is 7.01. The number of anilines is 1. The summed E-state index contributed by atoms with van der Waals surface area (Å²) in [6, 6.07) is 6.88. The maximum atomic E-state index is 12.9. The van der Waals surface area contributed by atoms with Gasteiger partial charge < -0.3 is 14.5 Å². The van der Waals surface area contributed by atoms with Crippen molar-refractivity contribution in [3.63, 3.8) is 0 Å².